The summed E-state index contributed by atoms with van der Waals surface area (Å²) in [4.78, 5) is 12.0. The van der Waals surface area contributed by atoms with E-state index in [0.29, 0.717) is 17.9 Å². The predicted molar refractivity (Wildman–Crippen MR) is 71.8 cm³/mol. The van der Waals surface area contributed by atoms with Gasteiger partial charge in [-0.05, 0) is 43.5 Å². The van der Waals surface area contributed by atoms with Crippen LogP contribution in [0, 0.1) is 0 Å². The third kappa shape index (κ3) is 2.59. The van der Waals surface area contributed by atoms with Gasteiger partial charge in [-0.3, -0.25) is 0 Å². The summed E-state index contributed by atoms with van der Waals surface area (Å²) < 4.78 is 11.4. The first-order valence-electron chi connectivity index (χ1n) is 6.87. The lowest BCUT2D eigenvalue weighted by atomic mass is 9.74. The van der Waals surface area contributed by atoms with Crippen LogP contribution in [-0.4, -0.2) is 24.3 Å². The first-order chi connectivity index (χ1) is 9.17. The third-order valence-corrected chi connectivity index (χ3v) is 4.13. The van der Waals surface area contributed by atoms with Crippen LogP contribution in [0.3, 0.4) is 0 Å². The highest BCUT2D eigenvalue weighted by atomic mass is 16.6. The van der Waals surface area contributed by atoms with E-state index in [1.807, 2.05) is 0 Å². The molecule has 2 fully saturated rings. The van der Waals surface area contributed by atoms with Crippen LogP contribution in [0.1, 0.15) is 42.5 Å². The van der Waals surface area contributed by atoms with Crippen LogP contribution in [0.4, 0.5) is 5.69 Å². The molecule has 19 heavy (non-hydrogen) atoms. The second-order valence-electron chi connectivity index (χ2n) is 5.53. The van der Waals surface area contributed by atoms with Gasteiger partial charge in [-0.15, -0.1) is 0 Å². The Bertz CT molecular complexity index is 465. The number of carbonyl (C=O) groups is 1. The molecule has 1 aromatic rings. The molecular weight excluding hydrogens is 242 g/mol. The maximum atomic E-state index is 12.0. The second-order valence-corrected chi connectivity index (χ2v) is 5.53. The summed E-state index contributed by atoms with van der Waals surface area (Å²) in [6.07, 6.45) is 5.04. The van der Waals surface area contributed by atoms with E-state index in [1.165, 1.54) is 6.42 Å². The molecule has 0 bridgehead atoms. The molecule has 0 amide bonds. The van der Waals surface area contributed by atoms with Gasteiger partial charge in [0, 0.05) is 18.5 Å². The van der Waals surface area contributed by atoms with Gasteiger partial charge in [0.15, 0.2) is 0 Å². The van der Waals surface area contributed by atoms with E-state index in [4.69, 9.17) is 15.2 Å². The molecule has 1 aliphatic carbocycles. The largest absolute Gasteiger partial charge is 0.459 e. The van der Waals surface area contributed by atoms with Crippen LogP contribution in [0.5, 0.6) is 0 Å². The highest BCUT2D eigenvalue weighted by Gasteiger charge is 2.43. The van der Waals surface area contributed by atoms with Crippen molar-refractivity contribution in [3.8, 4) is 0 Å². The van der Waals surface area contributed by atoms with Crippen molar-refractivity contribution in [2.75, 3.05) is 12.3 Å². The third-order valence-electron chi connectivity index (χ3n) is 4.13. The number of carbonyl (C=O) groups excluding carboxylic acids is 1. The molecule has 1 heterocycles. The van der Waals surface area contributed by atoms with Gasteiger partial charge in [-0.25, -0.2) is 4.79 Å². The van der Waals surface area contributed by atoms with Crippen molar-refractivity contribution in [1.29, 1.82) is 0 Å². The molecule has 1 aromatic carbocycles. The van der Waals surface area contributed by atoms with E-state index in [9.17, 15) is 4.79 Å². The minimum absolute atomic E-state index is 0.00428. The molecule has 0 radical (unpaired) electrons. The highest BCUT2D eigenvalue weighted by molar-refractivity contribution is 5.89. The molecule has 1 spiro atoms. The topological polar surface area (TPSA) is 61.6 Å². The van der Waals surface area contributed by atoms with Crippen molar-refractivity contribution in [3.63, 3.8) is 0 Å². The molecule has 102 valence electrons. The number of ether oxygens (including phenoxy) is 2. The maximum Gasteiger partial charge on any atom is 0.338 e. The van der Waals surface area contributed by atoms with E-state index < -0.39 is 0 Å². The number of nitrogen functional groups attached to an aromatic ring is 1. The van der Waals surface area contributed by atoms with E-state index in [-0.39, 0.29) is 17.7 Å². The van der Waals surface area contributed by atoms with Crippen molar-refractivity contribution in [1.82, 2.24) is 0 Å². The minimum Gasteiger partial charge on any atom is -0.459 e. The van der Waals surface area contributed by atoms with Gasteiger partial charge in [0.05, 0.1) is 17.8 Å². The number of anilines is 1. The first-order valence-corrected chi connectivity index (χ1v) is 6.87. The van der Waals surface area contributed by atoms with Crippen LogP contribution in [0.25, 0.3) is 0 Å². The summed E-state index contributed by atoms with van der Waals surface area (Å²) in [6, 6.07) is 6.84. The average molecular weight is 261 g/mol. The molecule has 4 heteroatoms. The Balaban J connectivity index is 1.61. The lowest BCUT2D eigenvalue weighted by molar-refractivity contribution is -0.159. The van der Waals surface area contributed by atoms with E-state index in [2.05, 4.69) is 0 Å². The van der Waals surface area contributed by atoms with E-state index in [1.54, 1.807) is 24.3 Å². The highest BCUT2D eigenvalue weighted by Crippen LogP contribution is 2.43. The number of benzene rings is 1. The SMILES string of the molecule is Nc1ccc(C(=O)OC2CCOC3(CCC3)C2)cc1. The number of hydrogen-bond acceptors (Lipinski definition) is 4. The summed E-state index contributed by atoms with van der Waals surface area (Å²) in [7, 11) is 0. The number of hydrogen-bond donors (Lipinski definition) is 1. The zero-order valence-electron chi connectivity index (χ0n) is 10.9. The molecule has 2 N–H and O–H groups in total. The molecule has 1 unspecified atom stereocenters. The standard InChI is InChI=1S/C15H19NO3/c16-12-4-2-11(3-5-12)14(17)19-13-6-9-18-15(10-13)7-1-8-15/h2-5,13H,1,6-10,16H2. The summed E-state index contributed by atoms with van der Waals surface area (Å²) in [5.74, 6) is -0.263. The molecule has 1 saturated heterocycles. The van der Waals surface area contributed by atoms with Gasteiger partial charge in [-0.2, -0.15) is 0 Å². The zero-order chi connectivity index (χ0) is 13.3. The Morgan fingerprint density at radius 3 is 2.68 bits per heavy atom. The second kappa shape index (κ2) is 4.85. The normalized spacial score (nSPS) is 24.7. The molecular formula is C15H19NO3. The lowest BCUT2D eigenvalue weighted by Gasteiger charge is -2.46. The quantitative estimate of drug-likeness (QED) is 0.656. The fourth-order valence-corrected chi connectivity index (χ4v) is 2.84. The lowest BCUT2D eigenvalue weighted by Crippen LogP contribution is -2.48. The summed E-state index contributed by atoms with van der Waals surface area (Å²) >= 11 is 0. The summed E-state index contributed by atoms with van der Waals surface area (Å²) in [5.41, 5.74) is 6.82. The van der Waals surface area contributed by atoms with Crippen molar-refractivity contribution < 1.29 is 14.3 Å². The zero-order valence-corrected chi connectivity index (χ0v) is 10.9. The monoisotopic (exact) mass is 261 g/mol. The fourth-order valence-electron chi connectivity index (χ4n) is 2.84. The molecule has 2 aliphatic rings. The van der Waals surface area contributed by atoms with Crippen molar-refractivity contribution in [2.45, 2.75) is 43.8 Å². The molecule has 0 aromatic heterocycles. The van der Waals surface area contributed by atoms with Crippen LogP contribution < -0.4 is 5.73 Å². The van der Waals surface area contributed by atoms with E-state index in [0.717, 1.165) is 25.7 Å². The molecule has 1 atom stereocenters. The average Bonchev–Trinajstić information content (AvgIpc) is 2.38. The first kappa shape index (κ1) is 12.5. The molecule has 3 rings (SSSR count). The van der Waals surface area contributed by atoms with Gasteiger partial charge in [0.25, 0.3) is 0 Å². The fraction of sp³-hybridized carbons (Fsp3) is 0.533. The van der Waals surface area contributed by atoms with Crippen LogP contribution in [-0.2, 0) is 9.47 Å². The summed E-state index contributed by atoms with van der Waals surface area (Å²) in [5, 5.41) is 0. The molecule has 4 nitrogen and oxygen atoms in total. The van der Waals surface area contributed by atoms with Crippen LogP contribution >= 0.6 is 0 Å². The summed E-state index contributed by atoms with van der Waals surface area (Å²) in [6.45, 7) is 0.694. The van der Waals surface area contributed by atoms with Gasteiger partial charge in [0.1, 0.15) is 6.10 Å². The van der Waals surface area contributed by atoms with Crippen molar-refractivity contribution >= 4 is 11.7 Å². The molecule has 1 saturated carbocycles. The maximum absolute atomic E-state index is 12.0. The van der Waals surface area contributed by atoms with Gasteiger partial charge in [0.2, 0.25) is 0 Å². The van der Waals surface area contributed by atoms with Gasteiger partial charge >= 0.3 is 5.97 Å². The number of nitrogens with two attached hydrogens (primary N) is 1. The Labute approximate surface area is 112 Å². The Morgan fingerprint density at radius 2 is 2.05 bits per heavy atom. The predicted octanol–water partition coefficient (Wildman–Crippen LogP) is 2.53. The number of rotatable bonds is 2. The number of esters is 1. The van der Waals surface area contributed by atoms with Crippen LogP contribution in [0.15, 0.2) is 24.3 Å². The Kier molecular flexibility index (Phi) is 3.19. The Hall–Kier alpha value is -1.55. The van der Waals surface area contributed by atoms with Crippen molar-refractivity contribution in [2.24, 2.45) is 0 Å². The smallest absolute Gasteiger partial charge is 0.338 e. The molecule has 1 aliphatic heterocycles. The van der Waals surface area contributed by atoms with E-state index >= 15 is 0 Å². The minimum atomic E-state index is -0.263. The Morgan fingerprint density at radius 1 is 1.32 bits per heavy atom. The van der Waals surface area contributed by atoms with Gasteiger partial charge < -0.3 is 15.2 Å². The van der Waals surface area contributed by atoms with Crippen molar-refractivity contribution in [3.05, 3.63) is 29.8 Å². The van der Waals surface area contributed by atoms with Crippen LogP contribution in [0.2, 0.25) is 0 Å². The van der Waals surface area contributed by atoms with Gasteiger partial charge in [-0.1, -0.05) is 0 Å².